The van der Waals surface area contributed by atoms with Crippen molar-refractivity contribution < 1.29 is 9.47 Å². The second kappa shape index (κ2) is 8.94. The highest BCUT2D eigenvalue weighted by atomic mass is 16.5. The Hall–Kier alpha value is -3.12. The molecule has 0 fully saturated rings. The van der Waals surface area contributed by atoms with Crippen molar-refractivity contribution in [1.82, 2.24) is 14.5 Å². The first-order valence-corrected chi connectivity index (χ1v) is 10.8. The van der Waals surface area contributed by atoms with E-state index in [9.17, 15) is 0 Å². The van der Waals surface area contributed by atoms with E-state index in [1.165, 1.54) is 11.1 Å². The van der Waals surface area contributed by atoms with Crippen molar-refractivity contribution in [2.75, 3.05) is 12.3 Å². The third kappa shape index (κ3) is 4.35. The van der Waals surface area contributed by atoms with Crippen LogP contribution in [0.15, 0.2) is 42.5 Å². The first-order valence-electron chi connectivity index (χ1n) is 10.8. The normalized spacial score (nSPS) is 11.6. The molecule has 0 saturated heterocycles. The molecule has 31 heavy (non-hydrogen) atoms. The number of pyridine rings is 1. The lowest BCUT2D eigenvalue weighted by Gasteiger charge is -2.14. The maximum atomic E-state index is 6.33. The lowest BCUT2D eigenvalue weighted by Crippen LogP contribution is -2.10. The largest absolute Gasteiger partial charge is 0.489 e. The summed E-state index contributed by atoms with van der Waals surface area (Å²) in [7, 11) is 0. The highest BCUT2D eigenvalue weighted by Gasteiger charge is 2.18. The summed E-state index contributed by atoms with van der Waals surface area (Å²) in [6, 6.07) is 14.2. The van der Waals surface area contributed by atoms with Gasteiger partial charge in [-0.2, -0.15) is 0 Å². The molecule has 2 aromatic carbocycles. The summed E-state index contributed by atoms with van der Waals surface area (Å²) in [6.07, 6.45) is 0. The molecule has 2 N–H and O–H groups in total. The third-order valence-electron chi connectivity index (χ3n) is 5.39. The summed E-state index contributed by atoms with van der Waals surface area (Å²) in [6.45, 7) is 10.9. The van der Waals surface area contributed by atoms with Crippen LogP contribution in [0.4, 0.5) is 5.82 Å². The SMILES string of the molecule is CCOCc1nc2c(N)nc3cc(OCc4ccccc4C)ccc3c2n1CC(C)C. The predicted molar refractivity (Wildman–Crippen MR) is 125 cm³/mol. The summed E-state index contributed by atoms with van der Waals surface area (Å²) in [5.74, 6) is 2.54. The zero-order valence-corrected chi connectivity index (χ0v) is 18.7. The van der Waals surface area contributed by atoms with E-state index in [4.69, 9.17) is 20.2 Å². The van der Waals surface area contributed by atoms with Gasteiger partial charge in [-0.05, 0) is 43.0 Å². The average molecular weight is 419 g/mol. The molecule has 0 atom stereocenters. The Morgan fingerprint density at radius 2 is 1.87 bits per heavy atom. The van der Waals surface area contributed by atoms with Crippen molar-refractivity contribution >= 4 is 27.8 Å². The molecule has 0 spiro atoms. The molecule has 2 heterocycles. The molecule has 0 aliphatic carbocycles. The zero-order chi connectivity index (χ0) is 22.0. The molecule has 0 radical (unpaired) electrons. The molecule has 0 saturated carbocycles. The minimum Gasteiger partial charge on any atom is -0.489 e. The second-order valence-corrected chi connectivity index (χ2v) is 8.26. The number of fused-ring (bicyclic) bond motifs is 3. The highest BCUT2D eigenvalue weighted by Crippen LogP contribution is 2.32. The van der Waals surface area contributed by atoms with Crippen LogP contribution >= 0.6 is 0 Å². The summed E-state index contributed by atoms with van der Waals surface area (Å²) in [5.41, 5.74) is 11.3. The van der Waals surface area contributed by atoms with Gasteiger partial charge in [0.05, 0.1) is 11.0 Å². The van der Waals surface area contributed by atoms with Crippen molar-refractivity contribution in [2.45, 2.75) is 47.5 Å². The van der Waals surface area contributed by atoms with Gasteiger partial charge in [0.15, 0.2) is 5.82 Å². The Morgan fingerprint density at radius 1 is 1.06 bits per heavy atom. The fraction of sp³-hybridized carbons (Fsp3) is 0.360. The molecular formula is C25H30N4O2. The van der Waals surface area contributed by atoms with Gasteiger partial charge in [-0.3, -0.25) is 0 Å². The molecule has 162 valence electrons. The summed E-state index contributed by atoms with van der Waals surface area (Å²) < 4.78 is 14.0. The topological polar surface area (TPSA) is 75.2 Å². The van der Waals surface area contributed by atoms with Gasteiger partial charge in [0, 0.05) is 24.6 Å². The van der Waals surface area contributed by atoms with Crippen LogP contribution in [0.2, 0.25) is 0 Å². The Balaban J connectivity index is 1.76. The molecule has 4 aromatic rings. The number of hydrogen-bond donors (Lipinski definition) is 1. The number of nitrogens with zero attached hydrogens (tertiary/aromatic N) is 3. The van der Waals surface area contributed by atoms with Gasteiger partial charge in [-0.1, -0.05) is 38.1 Å². The number of anilines is 1. The Morgan fingerprint density at radius 3 is 2.61 bits per heavy atom. The second-order valence-electron chi connectivity index (χ2n) is 8.26. The first kappa shape index (κ1) is 21.1. The molecule has 6 nitrogen and oxygen atoms in total. The van der Waals surface area contributed by atoms with Crippen LogP contribution in [0.5, 0.6) is 5.75 Å². The van der Waals surface area contributed by atoms with E-state index in [1.807, 2.05) is 31.2 Å². The maximum Gasteiger partial charge on any atom is 0.152 e. The van der Waals surface area contributed by atoms with Crippen LogP contribution < -0.4 is 10.5 Å². The number of benzene rings is 2. The quantitative estimate of drug-likeness (QED) is 0.423. The number of hydrogen-bond acceptors (Lipinski definition) is 5. The van der Waals surface area contributed by atoms with Gasteiger partial charge in [0.2, 0.25) is 0 Å². The van der Waals surface area contributed by atoms with E-state index < -0.39 is 0 Å². The van der Waals surface area contributed by atoms with Crippen molar-refractivity contribution in [3.05, 3.63) is 59.4 Å². The van der Waals surface area contributed by atoms with E-state index in [2.05, 4.69) is 48.5 Å². The van der Waals surface area contributed by atoms with Gasteiger partial charge < -0.3 is 19.8 Å². The molecular weight excluding hydrogens is 388 g/mol. The van der Waals surface area contributed by atoms with Crippen LogP contribution in [-0.2, 0) is 24.5 Å². The van der Waals surface area contributed by atoms with Gasteiger partial charge in [-0.15, -0.1) is 0 Å². The van der Waals surface area contributed by atoms with E-state index in [0.717, 1.165) is 40.1 Å². The minimum atomic E-state index is 0.429. The Kier molecular flexibility index (Phi) is 6.09. The highest BCUT2D eigenvalue weighted by molar-refractivity contribution is 6.06. The van der Waals surface area contributed by atoms with Crippen LogP contribution in [0.1, 0.15) is 37.7 Å². The van der Waals surface area contributed by atoms with Crippen molar-refractivity contribution in [2.24, 2.45) is 5.92 Å². The third-order valence-corrected chi connectivity index (χ3v) is 5.39. The van der Waals surface area contributed by atoms with Crippen molar-refractivity contribution in [3.63, 3.8) is 0 Å². The molecule has 2 aromatic heterocycles. The first-order chi connectivity index (χ1) is 15.0. The van der Waals surface area contributed by atoms with E-state index in [-0.39, 0.29) is 0 Å². The lowest BCUT2D eigenvalue weighted by atomic mass is 10.1. The van der Waals surface area contributed by atoms with Gasteiger partial charge in [0.1, 0.15) is 30.3 Å². The molecule has 0 amide bonds. The number of imidazole rings is 1. The van der Waals surface area contributed by atoms with Gasteiger partial charge in [-0.25, -0.2) is 9.97 Å². The van der Waals surface area contributed by atoms with Crippen molar-refractivity contribution in [3.8, 4) is 5.75 Å². The number of nitrogens with two attached hydrogens (primary N) is 1. The number of ether oxygens (including phenoxy) is 2. The van der Waals surface area contributed by atoms with Crippen LogP contribution in [0, 0.1) is 12.8 Å². The number of aryl methyl sites for hydroxylation is 1. The molecule has 0 unspecified atom stereocenters. The Labute approximate surface area is 183 Å². The number of rotatable bonds is 8. The fourth-order valence-corrected chi connectivity index (χ4v) is 3.83. The average Bonchev–Trinajstić information content (AvgIpc) is 3.10. The lowest BCUT2D eigenvalue weighted by molar-refractivity contribution is 0.125. The van der Waals surface area contributed by atoms with Crippen LogP contribution in [-0.4, -0.2) is 21.1 Å². The van der Waals surface area contributed by atoms with E-state index in [1.54, 1.807) is 0 Å². The maximum absolute atomic E-state index is 6.33. The monoisotopic (exact) mass is 418 g/mol. The van der Waals surface area contributed by atoms with E-state index >= 15 is 0 Å². The van der Waals surface area contributed by atoms with Gasteiger partial charge in [0.25, 0.3) is 0 Å². The van der Waals surface area contributed by atoms with Crippen molar-refractivity contribution in [1.29, 1.82) is 0 Å². The van der Waals surface area contributed by atoms with Crippen LogP contribution in [0.3, 0.4) is 0 Å². The molecule has 0 aliphatic heterocycles. The zero-order valence-electron chi connectivity index (χ0n) is 18.7. The molecule has 0 bridgehead atoms. The van der Waals surface area contributed by atoms with E-state index in [0.29, 0.717) is 31.6 Å². The summed E-state index contributed by atoms with van der Waals surface area (Å²) >= 11 is 0. The molecule has 4 rings (SSSR count). The fourth-order valence-electron chi connectivity index (χ4n) is 3.83. The van der Waals surface area contributed by atoms with Gasteiger partial charge >= 0.3 is 0 Å². The smallest absolute Gasteiger partial charge is 0.152 e. The summed E-state index contributed by atoms with van der Waals surface area (Å²) in [4.78, 5) is 9.41. The molecule has 6 heteroatoms. The Bertz CT molecular complexity index is 1210. The van der Waals surface area contributed by atoms with Crippen LogP contribution in [0.25, 0.3) is 21.9 Å². The summed E-state index contributed by atoms with van der Waals surface area (Å²) in [5, 5.41) is 1.02. The predicted octanol–water partition coefficient (Wildman–Crippen LogP) is 5.25. The molecule has 0 aliphatic rings. The standard InChI is InChI=1S/C25H30N4O2/c1-5-30-15-22-28-23-24(29(22)13-16(2)3)20-11-10-19(12-21(20)27-25(23)26)31-14-18-9-7-6-8-17(18)4/h6-12,16H,5,13-15H2,1-4H3,(H2,26,27). The number of nitrogen functional groups attached to an aromatic ring is 1. The number of aromatic nitrogens is 3. The minimum absolute atomic E-state index is 0.429.